The highest BCUT2D eigenvalue weighted by molar-refractivity contribution is 7.91. The number of carboxylic acids is 1. The van der Waals surface area contributed by atoms with E-state index in [2.05, 4.69) is 16.9 Å². The van der Waals surface area contributed by atoms with E-state index in [1.54, 1.807) is 12.1 Å². The molecule has 2 N–H and O–H groups in total. The standard InChI is InChI=1S/C13H14O3.C7H7NO2S/c14-12(13(15)16)7-5-9-4-6-10-2-1-3-11(10)8-9;9-11(10)5-6-1-3-7(8-11)4-2-6/h4,6,8H,1-3,5,7H2,(H,15,16);1-4,8H,5H2. The van der Waals surface area contributed by atoms with Gasteiger partial charge in [0.05, 0.1) is 5.75 Å². The second kappa shape index (κ2) is 7.92. The van der Waals surface area contributed by atoms with Crippen LogP contribution in [0.5, 0.6) is 0 Å². The fraction of sp³-hybridized carbons (Fsp3) is 0.300. The topological polar surface area (TPSA) is 101 Å². The number of rotatable bonds is 4. The van der Waals surface area contributed by atoms with E-state index in [0.717, 1.165) is 24.0 Å². The molecule has 0 amide bonds. The zero-order valence-electron chi connectivity index (χ0n) is 14.8. The zero-order valence-corrected chi connectivity index (χ0v) is 15.6. The van der Waals surface area contributed by atoms with Crippen LogP contribution in [-0.2, 0) is 44.6 Å². The van der Waals surface area contributed by atoms with Gasteiger partial charge in [-0.1, -0.05) is 30.3 Å². The molecule has 0 saturated carbocycles. The SMILES string of the molecule is O=C(O)C(=O)CCc1ccc2c(c1)CCC2.O=S1(=O)Cc2ccc(cc2)N1. The van der Waals surface area contributed by atoms with Crippen LogP contribution >= 0.6 is 0 Å². The van der Waals surface area contributed by atoms with Crippen LogP contribution in [-0.4, -0.2) is 25.3 Å². The first kappa shape index (κ1) is 19.1. The van der Waals surface area contributed by atoms with Crippen LogP contribution in [0.15, 0.2) is 42.5 Å². The average Bonchev–Trinajstić information content (AvgIpc) is 2.97. The number of hydrogen-bond acceptors (Lipinski definition) is 4. The molecule has 7 heteroatoms. The molecule has 142 valence electrons. The van der Waals surface area contributed by atoms with Crippen molar-refractivity contribution in [2.75, 3.05) is 4.72 Å². The number of nitrogens with one attached hydrogen (secondary N) is 1. The van der Waals surface area contributed by atoms with Crippen LogP contribution in [0.3, 0.4) is 0 Å². The van der Waals surface area contributed by atoms with Crippen molar-refractivity contribution in [2.45, 2.75) is 37.9 Å². The predicted molar refractivity (Wildman–Crippen MR) is 102 cm³/mol. The maximum atomic E-state index is 11.1. The molecule has 2 aromatic carbocycles. The van der Waals surface area contributed by atoms with Crippen molar-refractivity contribution in [1.29, 1.82) is 0 Å². The summed E-state index contributed by atoms with van der Waals surface area (Å²) in [6.45, 7) is 0. The molecule has 0 spiro atoms. The van der Waals surface area contributed by atoms with Gasteiger partial charge in [-0.05, 0) is 60.1 Å². The fourth-order valence-corrected chi connectivity index (χ4v) is 4.45. The number of anilines is 1. The maximum Gasteiger partial charge on any atom is 0.372 e. The van der Waals surface area contributed by atoms with E-state index in [0.29, 0.717) is 12.1 Å². The maximum absolute atomic E-state index is 11.1. The molecule has 27 heavy (non-hydrogen) atoms. The van der Waals surface area contributed by atoms with Crippen LogP contribution in [0.25, 0.3) is 0 Å². The van der Waals surface area contributed by atoms with Gasteiger partial charge in [-0.25, -0.2) is 13.2 Å². The fourth-order valence-electron chi connectivity index (χ4n) is 3.25. The van der Waals surface area contributed by atoms with Crippen LogP contribution in [0.1, 0.15) is 35.1 Å². The highest BCUT2D eigenvalue weighted by Crippen LogP contribution is 2.23. The number of sulfonamides is 1. The summed E-state index contributed by atoms with van der Waals surface area (Å²) in [5, 5.41) is 8.47. The monoisotopic (exact) mass is 387 g/mol. The van der Waals surface area contributed by atoms with Gasteiger partial charge in [-0.15, -0.1) is 0 Å². The van der Waals surface area contributed by atoms with Crippen molar-refractivity contribution in [3.63, 3.8) is 0 Å². The summed E-state index contributed by atoms with van der Waals surface area (Å²) in [6, 6.07) is 13.4. The molecule has 6 nitrogen and oxygen atoms in total. The number of carbonyl (C=O) groups is 2. The highest BCUT2D eigenvalue weighted by atomic mass is 32.2. The van der Waals surface area contributed by atoms with E-state index < -0.39 is 21.8 Å². The van der Waals surface area contributed by atoms with E-state index >= 15 is 0 Å². The lowest BCUT2D eigenvalue weighted by Crippen LogP contribution is -2.12. The van der Waals surface area contributed by atoms with Gasteiger partial charge in [0.25, 0.3) is 0 Å². The quantitative estimate of drug-likeness (QED) is 0.786. The van der Waals surface area contributed by atoms with Crippen LogP contribution < -0.4 is 4.72 Å². The molecule has 2 heterocycles. The number of Topliss-reactive ketones (excluding diaryl/α,β-unsaturated/α-hetero) is 1. The van der Waals surface area contributed by atoms with Crippen molar-refractivity contribution in [1.82, 2.24) is 0 Å². The minimum Gasteiger partial charge on any atom is -0.476 e. The zero-order chi connectivity index (χ0) is 19.4. The first-order chi connectivity index (χ1) is 12.8. The largest absolute Gasteiger partial charge is 0.476 e. The third kappa shape index (κ3) is 5.17. The summed E-state index contributed by atoms with van der Waals surface area (Å²) in [4.78, 5) is 21.3. The van der Waals surface area contributed by atoms with Gasteiger partial charge < -0.3 is 5.11 Å². The number of hydrogen-bond donors (Lipinski definition) is 2. The van der Waals surface area contributed by atoms with Crippen molar-refractivity contribution >= 4 is 27.5 Å². The van der Waals surface area contributed by atoms with E-state index in [1.807, 2.05) is 18.2 Å². The minimum absolute atomic E-state index is 0.0868. The Morgan fingerprint density at radius 1 is 1.00 bits per heavy atom. The van der Waals surface area contributed by atoms with Gasteiger partial charge in [-0.3, -0.25) is 9.52 Å². The van der Waals surface area contributed by atoms with Crippen molar-refractivity contribution in [3.05, 3.63) is 64.7 Å². The van der Waals surface area contributed by atoms with Crippen LogP contribution in [0.2, 0.25) is 0 Å². The second-order valence-electron chi connectivity index (χ2n) is 6.74. The molecule has 0 radical (unpaired) electrons. The normalized spacial score (nSPS) is 15.7. The Hall–Kier alpha value is -2.67. The first-order valence-corrected chi connectivity index (χ1v) is 10.4. The Labute approximate surface area is 158 Å². The van der Waals surface area contributed by atoms with Gasteiger partial charge in [0, 0.05) is 12.1 Å². The van der Waals surface area contributed by atoms with E-state index in [-0.39, 0.29) is 12.2 Å². The summed E-state index contributed by atoms with van der Waals surface area (Å²) in [5.41, 5.74) is 5.30. The highest BCUT2D eigenvalue weighted by Gasteiger charge is 2.15. The summed E-state index contributed by atoms with van der Waals surface area (Å²) < 4.78 is 24.6. The first-order valence-electron chi connectivity index (χ1n) is 8.79. The number of ketones is 1. The Morgan fingerprint density at radius 2 is 1.70 bits per heavy atom. The third-order valence-corrected chi connectivity index (χ3v) is 5.89. The molecule has 2 bridgehead atoms. The lowest BCUT2D eigenvalue weighted by atomic mass is 10.0. The number of benzene rings is 2. The van der Waals surface area contributed by atoms with Gasteiger partial charge in [0.2, 0.25) is 15.8 Å². The average molecular weight is 387 g/mol. The summed E-state index contributed by atoms with van der Waals surface area (Å²) in [5.74, 6) is -1.95. The third-order valence-electron chi connectivity index (χ3n) is 4.63. The summed E-state index contributed by atoms with van der Waals surface area (Å²) >= 11 is 0. The molecule has 0 saturated heterocycles. The number of fused-ring (bicyclic) bond motifs is 5. The molecule has 5 rings (SSSR count). The Bertz CT molecular complexity index is 933. The molecule has 2 aliphatic heterocycles. The Morgan fingerprint density at radius 3 is 2.41 bits per heavy atom. The lowest BCUT2D eigenvalue weighted by Gasteiger charge is -2.03. The molecular weight excluding hydrogens is 366 g/mol. The second-order valence-corrected chi connectivity index (χ2v) is 8.47. The van der Waals surface area contributed by atoms with Gasteiger partial charge in [-0.2, -0.15) is 0 Å². The smallest absolute Gasteiger partial charge is 0.372 e. The molecule has 3 aliphatic rings. The summed E-state index contributed by atoms with van der Waals surface area (Å²) in [6.07, 6.45) is 4.07. The molecule has 0 unspecified atom stereocenters. The molecular formula is C20H21NO5S. The van der Waals surface area contributed by atoms with Crippen molar-refractivity contribution < 1.29 is 23.1 Å². The van der Waals surface area contributed by atoms with Crippen molar-refractivity contribution in [3.8, 4) is 0 Å². The van der Waals surface area contributed by atoms with E-state index in [4.69, 9.17) is 5.11 Å². The van der Waals surface area contributed by atoms with Gasteiger partial charge >= 0.3 is 5.97 Å². The van der Waals surface area contributed by atoms with E-state index in [1.165, 1.54) is 17.5 Å². The summed E-state index contributed by atoms with van der Waals surface area (Å²) in [7, 11) is -3.10. The number of carbonyl (C=O) groups excluding carboxylic acids is 1. The molecule has 0 fully saturated rings. The minimum atomic E-state index is -3.10. The molecule has 2 aromatic rings. The number of carboxylic acid groups (broad SMARTS) is 1. The molecule has 1 aliphatic carbocycles. The van der Waals surface area contributed by atoms with Gasteiger partial charge in [0.15, 0.2) is 0 Å². The van der Waals surface area contributed by atoms with Crippen molar-refractivity contribution in [2.24, 2.45) is 0 Å². The predicted octanol–water partition coefficient (Wildman–Crippen LogP) is 2.70. The number of aryl methyl sites for hydroxylation is 3. The molecule has 0 aromatic heterocycles. The van der Waals surface area contributed by atoms with E-state index in [9.17, 15) is 18.0 Å². The lowest BCUT2D eigenvalue weighted by molar-refractivity contribution is -0.149. The Balaban J connectivity index is 0.000000166. The van der Waals surface area contributed by atoms with Crippen LogP contribution in [0, 0.1) is 0 Å². The molecule has 0 atom stereocenters. The van der Waals surface area contributed by atoms with Crippen LogP contribution in [0.4, 0.5) is 5.69 Å². The Kier molecular flexibility index (Phi) is 5.60. The van der Waals surface area contributed by atoms with Gasteiger partial charge in [0.1, 0.15) is 0 Å². The number of aliphatic carboxylic acids is 1.